The molecule has 68 valence electrons. The molecular weight excluding hydrogens is 180 g/mol. The van der Waals surface area contributed by atoms with Gasteiger partial charge >= 0.3 is 0 Å². The topological polar surface area (TPSA) is 43.4 Å². The highest BCUT2D eigenvalue weighted by Crippen LogP contribution is 2.10. The lowest BCUT2D eigenvalue weighted by Crippen LogP contribution is -2.24. The summed E-state index contributed by atoms with van der Waals surface area (Å²) >= 11 is 0. The second-order valence-corrected chi connectivity index (χ2v) is 7.45. The predicted octanol–water partition coefficient (Wildman–Crippen LogP) is -0.300. The Labute approximate surface area is 71.7 Å². The maximum atomic E-state index is 11.0. The second kappa shape index (κ2) is 4.23. The van der Waals surface area contributed by atoms with Crippen LogP contribution in [-0.4, -0.2) is 30.6 Å². The quantitative estimate of drug-likeness (QED) is 0.458. The monoisotopic (exact) mass is 196 g/mol. The van der Waals surface area contributed by atoms with Gasteiger partial charge < -0.3 is 0 Å². The minimum absolute atomic E-state index is 0.257. The van der Waals surface area contributed by atoms with E-state index in [4.69, 9.17) is 0 Å². The van der Waals surface area contributed by atoms with E-state index in [1.807, 2.05) is 13.8 Å². The number of hydrogen-bond acceptors (Lipinski definition) is 3. The third-order valence-corrected chi connectivity index (χ3v) is 5.37. The van der Waals surface area contributed by atoms with Gasteiger partial charge in [-0.2, -0.15) is 8.42 Å². The van der Waals surface area contributed by atoms with E-state index in [0.29, 0.717) is 22.6 Å². The number of rotatable bonds is 4. The van der Waals surface area contributed by atoms with Crippen molar-refractivity contribution in [3.05, 3.63) is 0 Å². The van der Waals surface area contributed by atoms with E-state index in [1.54, 1.807) is 0 Å². The Morgan fingerprint density at radius 3 is 2.18 bits per heavy atom. The van der Waals surface area contributed by atoms with Crippen molar-refractivity contribution >= 4 is 20.4 Å². The third kappa shape index (κ3) is 3.88. The van der Waals surface area contributed by atoms with Crippen LogP contribution in [0, 0.1) is 5.92 Å². The van der Waals surface area contributed by atoms with Gasteiger partial charge in [0.15, 0.2) is 0 Å². The van der Waals surface area contributed by atoms with Crippen molar-refractivity contribution in [1.82, 2.24) is 0 Å². The molecule has 0 aliphatic heterocycles. The Morgan fingerprint density at radius 2 is 1.91 bits per heavy atom. The molecule has 0 bridgehead atoms. The van der Waals surface area contributed by atoms with Gasteiger partial charge in [-0.25, -0.2) is 0 Å². The van der Waals surface area contributed by atoms with Crippen LogP contribution in [0.5, 0.6) is 0 Å². The summed E-state index contributed by atoms with van der Waals surface area (Å²) in [4.78, 5) is -0.257. The summed E-state index contributed by atoms with van der Waals surface area (Å²) < 4.78 is 26.5. The lowest BCUT2D eigenvalue weighted by molar-refractivity contribution is 0.389. The van der Waals surface area contributed by atoms with Gasteiger partial charge in [0.2, 0.25) is 0 Å². The van der Waals surface area contributed by atoms with Crippen LogP contribution >= 0.6 is 0 Å². The van der Waals surface area contributed by atoms with Crippen LogP contribution in [0.3, 0.4) is 0 Å². The summed E-state index contributed by atoms with van der Waals surface area (Å²) in [7, 11) is -1.37. The fraction of sp³-hybridized carbons (Fsp3) is 1.00. The molecule has 0 saturated heterocycles. The van der Waals surface area contributed by atoms with Gasteiger partial charge in [-0.3, -0.25) is 4.18 Å². The van der Waals surface area contributed by atoms with Crippen LogP contribution in [0.4, 0.5) is 0 Å². The molecule has 0 aliphatic carbocycles. The Bertz CT molecular complexity index is 198. The van der Waals surface area contributed by atoms with E-state index in [-0.39, 0.29) is 4.87 Å². The Morgan fingerprint density at radius 1 is 1.45 bits per heavy atom. The van der Waals surface area contributed by atoms with Crippen molar-refractivity contribution in [1.29, 1.82) is 0 Å². The average molecular weight is 196 g/mol. The van der Waals surface area contributed by atoms with Gasteiger partial charge in [0.05, 0.1) is 12.0 Å². The van der Waals surface area contributed by atoms with Crippen molar-refractivity contribution in [2.75, 3.05) is 7.11 Å². The molecule has 3 nitrogen and oxygen atoms in total. The van der Waals surface area contributed by atoms with E-state index in [9.17, 15) is 8.42 Å². The molecule has 0 saturated carbocycles. The molecule has 0 aromatic carbocycles. The molecule has 11 heavy (non-hydrogen) atoms. The van der Waals surface area contributed by atoms with Crippen molar-refractivity contribution in [2.24, 2.45) is 5.92 Å². The normalized spacial score (nSPS) is 15.6. The van der Waals surface area contributed by atoms with Crippen LogP contribution < -0.4 is 0 Å². The molecule has 0 amide bonds. The van der Waals surface area contributed by atoms with Gasteiger partial charge in [0, 0.05) is 10.2 Å². The molecule has 0 heterocycles. The summed E-state index contributed by atoms with van der Waals surface area (Å²) in [5.41, 5.74) is 0. The molecule has 5 heteroatoms. The summed E-state index contributed by atoms with van der Waals surface area (Å²) in [6.07, 6.45) is 0.711. The molecule has 1 atom stereocenters. The molecule has 0 rings (SSSR count). The van der Waals surface area contributed by atoms with Gasteiger partial charge in [-0.05, 0) is 12.3 Å². The Kier molecular flexibility index (Phi) is 4.28. The highest BCUT2D eigenvalue weighted by Gasteiger charge is 2.20. The Balaban J connectivity index is 4.14. The first-order valence-corrected chi connectivity index (χ1v) is 6.32. The first kappa shape index (κ1) is 11.1. The predicted molar refractivity (Wildman–Crippen MR) is 49.1 cm³/mol. The van der Waals surface area contributed by atoms with Crippen LogP contribution in [0.15, 0.2) is 0 Å². The van der Waals surface area contributed by atoms with Gasteiger partial charge in [-0.15, -0.1) is 0 Å². The van der Waals surface area contributed by atoms with Crippen molar-refractivity contribution in [3.8, 4) is 0 Å². The molecule has 0 aromatic rings. The molecular formula is C6H16O3SSi. The summed E-state index contributed by atoms with van der Waals surface area (Å²) in [6.45, 7) is 4.02. The van der Waals surface area contributed by atoms with Crippen LogP contribution in [0.1, 0.15) is 20.3 Å². The van der Waals surface area contributed by atoms with E-state index in [1.165, 1.54) is 7.11 Å². The van der Waals surface area contributed by atoms with Crippen LogP contribution in [0.2, 0.25) is 0 Å². The lowest BCUT2D eigenvalue weighted by atomic mass is 10.2. The molecule has 0 aromatic heterocycles. The highest BCUT2D eigenvalue weighted by atomic mass is 32.2. The first-order chi connectivity index (χ1) is 4.90. The molecule has 0 spiro atoms. The SMILES string of the molecule is COS(=O)(=O)C([SiH3])CC(C)C. The van der Waals surface area contributed by atoms with E-state index < -0.39 is 10.1 Å². The zero-order valence-corrected chi connectivity index (χ0v) is 10.3. The van der Waals surface area contributed by atoms with Gasteiger partial charge in [0.1, 0.15) is 0 Å². The van der Waals surface area contributed by atoms with Crippen LogP contribution in [0.25, 0.3) is 0 Å². The zero-order valence-electron chi connectivity index (χ0n) is 7.49. The van der Waals surface area contributed by atoms with Crippen molar-refractivity contribution < 1.29 is 12.6 Å². The van der Waals surface area contributed by atoms with E-state index >= 15 is 0 Å². The lowest BCUT2D eigenvalue weighted by Gasteiger charge is -2.12. The summed E-state index contributed by atoms with van der Waals surface area (Å²) in [6, 6.07) is 0. The molecule has 0 aliphatic rings. The molecule has 1 unspecified atom stereocenters. The maximum absolute atomic E-state index is 11.0. The van der Waals surface area contributed by atoms with Gasteiger partial charge in [0.25, 0.3) is 10.1 Å². The molecule has 0 fully saturated rings. The smallest absolute Gasteiger partial charge is 0.266 e. The third-order valence-electron chi connectivity index (χ3n) is 1.53. The standard InChI is InChI=1S/C6H16O3SSi/c1-5(2)4-6(11)10(7,8)9-3/h5-6H,4H2,1-3,11H3. The largest absolute Gasteiger partial charge is 0.274 e. The van der Waals surface area contributed by atoms with Crippen molar-refractivity contribution in [3.63, 3.8) is 0 Å². The molecule has 0 N–H and O–H groups in total. The summed E-state index contributed by atoms with van der Waals surface area (Å²) in [5, 5.41) is 0. The minimum Gasteiger partial charge on any atom is -0.274 e. The number of hydrogen-bond donors (Lipinski definition) is 0. The summed E-state index contributed by atoms with van der Waals surface area (Å²) in [5.74, 6) is 0.419. The second-order valence-electron chi connectivity index (χ2n) is 3.10. The maximum Gasteiger partial charge on any atom is 0.266 e. The van der Waals surface area contributed by atoms with Crippen molar-refractivity contribution in [2.45, 2.75) is 25.1 Å². The minimum atomic E-state index is -3.23. The fourth-order valence-electron chi connectivity index (χ4n) is 0.946. The first-order valence-electron chi connectivity index (χ1n) is 3.69. The molecule has 0 radical (unpaired) electrons. The van der Waals surface area contributed by atoms with Crippen LogP contribution in [-0.2, 0) is 14.3 Å². The fourth-order valence-corrected chi connectivity index (χ4v) is 3.42. The van der Waals surface area contributed by atoms with Gasteiger partial charge in [-0.1, -0.05) is 13.8 Å². The highest BCUT2D eigenvalue weighted by molar-refractivity contribution is 7.88. The average Bonchev–Trinajstić information content (AvgIpc) is 1.86. The zero-order chi connectivity index (χ0) is 9.07. The van der Waals surface area contributed by atoms with E-state index in [0.717, 1.165) is 0 Å². The Hall–Kier alpha value is 0.127. The van der Waals surface area contributed by atoms with E-state index in [2.05, 4.69) is 4.18 Å².